The molecule has 1 unspecified atom stereocenters. The highest BCUT2D eigenvalue weighted by molar-refractivity contribution is 14.1. The summed E-state index contributed by atoms with van der Waals surface area (Å²) in [5.41, 5.74) is 2.65. The molecule has 0 spiro atoms. The molecule has 1 heterocycles. The molecule has 1 aromatic carbocycles. The van der Waals surface area contributed by atoms with Gasteiger partial charge in [-0.15, -0.1) is 0 Å². The number of pyridine rings is 1. The number of rotatable bonds is 2. The number of aryl methyl sites for hydroxylation is 1. The van der Waals surface area contributed by atoms with E-state index in [4.69, 9.17) is 0 Å². The number of aromatic nitrogens is 1. The van der Waals surface area contributed by atoms with Gasteiger partial charge in [-0.2, -0.15) is 0 Å². The summed E-state index contributed by atoms with van der Waals surface area (Å²) in [5.74, 6) is 0. The van der Waals surface area contributed by atoms with E-state index in [1.54, 1.807) is 6.20 Å². The Bertz CT molecular complexity index is 527. The highest BCUT2D eigenvalue weighted by atomic mass is 127. The molecule has 0 radical (unpaired) electrons. The van der Waals surface area contributed by atoms with Crippen LogP contribution in [0, 0.1) is 10.5 Å². The van der Waals surface area contributed by atoms with Crippen molar-refractivity contribution in [2.75, 3.05) is 0 Å². The quantitative estimate of drug-likeness (QED) is 0.773. The van der Waals surface area contributed by atoms with Crippen LogP contribution in [0.3, 0.4) is 0 Å². The summed E-state index contributed by atoms with van der Waals surface area (Å²) in [6.45, 7) is 1.93. The standard InChI is InChI=1S/C13H11BrINO/c1-8-2-3-9(7-16-8)13(17)11-6-10(14)4-5-12(11)15/h2-7,13,17H,1H3. The van der Waals surface area contributed by atoms with Gasteiger partial charge < -0.3 is 5.11 Å². The van der Waals surface area contributed by atoms with E-state index < -0.39 is 6.10 Å². The van der Waals surface area contributed by atoms with Crippen molar-refractivity contribution in [1.82, 2.24) is 4.98 Å². The monoisotopic (exact) mass is 403 g/mol. The van der Waals surface area contributed by atoms with Crippen LogP contribution in [0.5, 0.6) is 0 Å². The zero-order valence-electron chi connectivity index (χ0n) is 9.19. The first-order chi connectivity index (χ1) is 8.08. The highest BCUT2D eigenvalue weighted by Gasteiger charge is 2.14. The fourth-order valence-corrected chi connectivity index (χ4v) is 2.55. The Labute approximate surface area is 122 Å². The average molecular weight is 404 g/mol. The summed E-state index contributed by atoms with van der Waals surface area (Å²) in [6.07, 6.45) is 1.09. The van der Waals surface area contributed by atoms with Crippen LogP contribution in [0.25, 0.3) is 0 Å². The summed E-state index contributed by atoms with van der Waals surface area (Å²) in [6, 6.07) is 9.69. The molecule has 0 amide bonds. The van der Waals surface area contributed by atoms with Gasteiger partial charge in [-0.3, -0.25) is 4.98 Å². The van der Waals surface area contributed by atoms with Gasteiger partial charge in [-0.05, 0) is 59.3 Å². The van der Waals surface area contributed by atoms with Gasteiger partial charge >= 0.3 is 0 Å². The van der Waals surface area contributed by atoms with Crippen molar-refractivity contribution in [1.29, 1.82) is 0 Å². The number of hydrogen-bond acceptors (Lipinski definition) is 2. The molecule has 0 aliphatic heterocycles. The third-order valence-electron chi connectivity index (χ3n) is 2.50. The third-order valence-corrected chi connectivity index (χ3v) is 3.98. The minimum Gasteiger partial charge on any atom is -0.384 e. The number of aliphatic hydroxyl groups excluding tert-OH is 1. The number of hydrogen-bond donors (Lipinski definition) is 1. The van der Waals surface area contributed by atoms with Crippen LogP contribution in [0.4, 0.5) is 0 Å². The van der Waals surface area contributed by atoms with Crippen LogP contribution in [0.2, 0.25) is 0 Å². The maximum atomic E-state index is 10.3. The van der Waals surface area contributed by atoms with Crippen LogP contribution < -0.4 is 0 Å². The van der Waals surface area contributed by atoms with Gasteiger partial charge in [0.15, 0.2) is 0 Å². The van der Waals surface area contributed by atoms with Crippen molar-refractivity contribution in [3.63, 3.8) is 0 Å². The SMILES string of the molecule is Cc1ccc(C(O)c2cc(Br)ccc2I)cn1. The first-order valence-electron chi connectivity index (χ1n) is 5.13. The van der Waals surface area contributed by atoms with Gasteiger partial charge in [-0.1, -0.05) is 22.0 Å². The van der Waals surface area contributed by atoms with Crippen molar-refractivity contribution < 1.29 is 5.11 Å². The van der Waals surface area contributed by atoms with Gasteiger partial charge in [-0.25, -0.2) is 0 Å². The summed E-state index contributed by atoms with van der Waals surface area (Å²) in [7, 11) is 0. The van der Waals surface area contributed by atoms with E-state index in [1.807, 2.05) is 37.3 Å². The Balaban J connectivity index is 2.39. The first kappa shape index (κ1) is 13.0. The van der Waals surface area contributed by atoms with E-state index in [2.05, 4.69) is 43.5 Å². The lowest BCUT2D eigenvalue weighted by atomic mass is 10.0. The summed E-state index contributed by atoms with van der Waals surface area (Å²) < 4.78 is 2.01. The molecule has 0 saturated carbocycles. The van der Waals surface area contributed by atoms with Gasteiger partial charge in [0, 0.05) is 25.5 Å². The van der Waals surface area contributed by atoms with Gasteiger partial charge in [0.1, 0.15) is 6.10 Å². The largest absolute Gasteiger partial charge is 0.384 e. The fourth-order valence-electron chi connectivity index (χ4n) is 1.54. The molecule has 0 fully saturated rings. The molecule has 0 bridgehead atoms. The van der Waals surface area contributed by atoms with Crippen molar-refractivity contribution in [3.8, 4) is 0 Å². The predicted octanol–water partition coefficient (Wildman–Crippen LogP) is 3.84. The number of aliphatic hydroxyl groups is 1. The van der Waals surface area contributed by atoms with Crippen molar-refractivity contribution in [3.05, 3.63) is 61.4 Å². The lowest BCUT2D eigenvalue weighted by Crippen LogP contribution is -2.02. The van der Waals surface area contributed by atoms with Crippen molar-refractivity contribution in [2.24, 2.45) is 0 Å². The van der Waals surface area contributed by atoms with Crippen LogP contribution in [0.15, 0.2) is 41.0 Å². The highest BCUT2D eigenvalue weighted by Crippen LogP contribution is 2.28. The van der Waals surface area contributed by atoms with E-state index >= 15 is 0 Å². The Kier molecular flexibility index (Phi) is 4.17. The van der Waals surface area contributed by atoms with E-state index in [1.165, 1.54) is 0 Å². The normalized spacial score (nSPS) is 12.5. The number of nitrogens with zero attached hydrogens (tertiary/aromatic N) is 1. The Morgan fingerprint density at radius 2 is 2.06 bits per heavy atom. The second-order valence-corrected chi connectivity index (χ2v) is 5.88. The molecule has 17 heavy (non-hydrogen) atoms. The Morgan fingerprint density at radius 3 is 2.71 bits per heavy atom. The molecular formula is C13H11BrINO. The predicted molar refractivity (Wildman–Crippen MR) is 79.9 cm³/mol. The van der Waals surface area contributed by atoms with Crippen molar-refractivity contribution >= 4 is 38.5 Å². The summed E-state index contributed by atoms with van der Waals surface area (Å²) >= 11 is 5.64. The average Bonchev–Trinajstić information content (AvgIpc) is 2.32. The van der Waals surface area contributed by atoms with Gasteiger partial charge in [0.25, 0.3) is 0 Å². The second kappa shape index (κ2) is 5.46. The molecule has 0 aliphatic rings. The molecule has 0 saturated heterocycles. The van der Waals surface area contributed by atoms with E-state index in [-0.39, 0.29) is 0 Å². The third kappa shape index (κ3) is 3.05. The number of benzene rings is 1. The fraction of sp³-hybridized carbons (Fsp3) is 0.154. The molecule has 1 N–H and O–H groups in total. The minimum atomic E-state index is -0.632. The zero-order chi connectivity index (χ0) is 12.4. The van der Waals surface area contributed by atoms with E-state index in [0.717, 1.165) is 24.9 Å². The molecule has 0 aliphatic carbocycles. The molecule has 2 nitrogen and oxygen atoms in total. The maximum absolute atomic E-state index is 10.3. The molecule has 88 valence electrons. The maximum Gasteiger partial charge on any atom is 0.107 e. The lowest BCUT2D eigenvalue weighted by molar-refractivity contribution is 0.219. The smallest absolute Gasteiger partial charge is 0.107 e. The minimum absolute atomic E-state index is 0.632. The molecule has 4 heteroatoms. The second-order valence-electron chi connectivity index (χ2n) is 3.80. The molecular weight excluding hydrogens is 393 g/mol. The van der Waals surface area contributed by atoms with Crippen LogP contribution in [-0.4, -0.2) is 10.1 Å². The molecule has 2 aromatic rings. The van der Waals surface area contributed by atoms with E-state index in [0.29, 0.717) is 0 Å². The zero-order valence-corrected chi connectivity index (χ0v) is 12.9. The molecule has 1 atom stereocenters. The number of halogens is 2. The Morgan fingerprint density at radius 1 is 1.29 bits per heavy atom. The molecule has 1 aromatic heterocycles. The first-order valence-corrected chi connectivity index (χ1v) is 7.00. The van der Waals surface area contributed by atoms with E-state index in [9.17, 15) is 5.11 Å². The van der Waals surface area contributed by atoms with Gasteiger partial charge in [0.05, 0.1) is 0 Å². The Hall–Kier alpha value is -0.460. The van der Waals surface area contributed by atoms with Crippen LogP contribution in [0.1, 0.15) is 22.9 Å². The van der Waals surface area contributed by atoms with Crippen LogP contribution in [-0.2, 0) is 0 Å². The summed E-state index contributed by atoms with van der Waals surface area (Å²) in [5, 5.41) is 10.3. The lowest BCUT2D eigenvalue weighted by Gasteiger charge is -2.13. The summed E-state index contributed by atoms with van der Waals surface area (Å²) in [4.78, 5) is 4.20. The van der Waals surface area contributed by atoms with Crippen LogP contribution >= 0.6 is 38.5 Å². The molecule has 2 rings (SSSR count). The van der Waals surface area contributed by atoms with Crippen molar-refractivity contribution in [2.45, 2.75) is 13.0 Å². The van der Waals surface area contributed by atoms with Gasteiger partial charge in [0.2, 0.25) is 0 Å². The topological polar surface area (TPSA) is 33.1 Å².